The van der Waals surface area contributed by atoms with Crippen molar-refractivity contribution in [3.8, 4) is 0 Å². The summed E-state index contributed by atoms with van der Waals surface area (Å²) in [6, 6.07) is 6.49. The number of amides is 2. The van der Waals surface area contributed by atoms with Gasteiger partial charge < -0.3 is 5.11 Å². The molecule has 0 radical (unpaired) electrons. The molecule has 0 atom stereocenters. The van der Waals surface area contributed by atoms with Gasteiger partial charge in [0.15, 0.2) is 0 Å². The number of hydrogen-bond donors (Lipinski definition) is 1. The standard InChI is InChI=1S/C15H17NO4/c1-15(2)8-12(17)16(13(18)9-15)11-5-3-10(4-6-11)7-14(19)20/h3-6H,7-9H2,1-2H3,(H,19,20). The molecule has 0 bridgehead atoms. The average molecular weight is 275 g/mol. The number of benzene rings is 1. The maximum atomic E-state index is 12.1. The number of aliphatic carboxylic acids is 1. The first kappa shape index (κ1) is 14.2. The summed E-state index contributed by atoms with van der Waals surface area (Å²) in [4.78, 5) is 36.0. The topological polar surface area (TPSA) is 74.7 Å². The molecule has 1 fully saturated rings. The molecule has 2 rings (SSSR count). The molecule has 1 aromatic carbocycles. The molecule has 1 aliphatic heterocycles. The number of carboxylic acid groups (broad SMARTS) is 1. The molecular weight excluding hydrogens is 258 g/mol. The van der Waals surface area contributed by atoms with Crippen LogP contribution in [0.5, 0.6) is 0 Å². The Morgan fingerprint density at radius 2 is 1.65 bits per heavy atom. The first-order valence-corrected chi connectivity index (χ1v) is 6.45. The molecular formula is C15H17NO4. The molecule has 1 heterocycles. The van der Waals surface area contributed by atoms with Gasteiger partial charge in [0, 0.05) is 12.8 Å². The first-order chi connectivity index (χ1) is 9.28. The van der Waals surface area contributed by atoms with Crippen LogP contribution in [0.1, 0.15) is 32.3 Å². The van der Waals surface area contributed by atoms with Crippen molar-refractivity contribution in [3.05, 3.63) is 29.8 Å². The Morgan fingerprint density at radius 1 is 1.15 bits per heavy atom. The minimum atomic E-state index is -0.912. The lowest BCUT2D eigenvalue weighted by Gasteiger charge is -2.34. The normalized spacial score (nSPS) is 18.2. The summed E-state index contributed by atoms with van der Waals surface area (Å²) in [5.41, 5.74) is 0.844. The highest BCUT2D eigenvalue weighted by Gasteiger charge is 2.38. The summed E-state index contributed by atoms with van der Waals surface area (Å²) in [7, 11) is 0. The fourth-order valence-electron chi connectivity index (χ4n) is 2.40. The zero-order valence-electron chi connectivity index (χ0n) is 11.5. The minimum absolute atomic E-state index is 0.0742. The van der Waals surface area contributed by atoms with Crippen LogP contribution >= 0.6 is 0 Å². The lowest BCUT2D eigenvalue weighted by molar-refractivity contribution is -0.136. The van der Waals surface area contributed by atoms with Crippen LogP contribution in [0.15, 0.2) is 24.3 Å². The van der Waals surface area contributed by atoms with Crippen molar-refractivity contribution in [1.29, 1.82) is 0 Å². The van der Waals surface area contributed by atoms with Gasteiger partial charge in [0.1, 0.15) is 0 Å². The molecule has 1 aliphatic rings. The minimum Gasteiger partial charge on any atom is -0.481 e. The predicted octanol–water partition coefficient (Wildman–Crippen LogP) is 1.99. The number of nitrogens with zero attached hydrogens (tertiary/aromatic N) is 1. The van der Waals surface area contributed by atoms with Gasteiger partial charge in [-0.05, 0) is 23.1 Å². The Labute approximate surface area is 117 Å². The maximum absolute atomic E-state index is 12.1. The lowest BCUT2D eigenvalue weighted by atomic mass is 9.81. The molecule has 2 amide bonds. The van der Waals surface area contributed by atoms with E-state index in [0.717, 1.165) is 0 Å². The Balaban J connectivity index is 2.21. The molecule has 1 saturated heterocycles. The molecule has 5 nitrogen and oxygen atoms in total. The van der Waals surface area contributed by atoms with Crippen LogP contribution in [0.4, 0.5) is 5.69 Å². The number of rotatable bonds is 3. The van der Waals surface area contributed by atoms with Gasteiger partial charge in [-0.3, -0.25) is 19.3 Å². The summed E-state index contributed by atoms with van der Waals surface area (Å²) < 4.78 is 0. The van der Waals surface area contributed by atoms with Crippen molar-refractivity contribution < 1.29 is 19.5 Å². The van der Waals surface area contributed by atoms with Crippen molar-refractivity contribution >= 4 is 23.5 Å². The second-order valence-electron chi connectivity index (χ2n) is 5.88. The number of imide groups is 1. The maximum Gasteiger partial charge on any atom is 0.307 e. The molecule has 20 heavy (non-hydrogen) atoms. The Morgan fingerprint density at radius 3 is 2.10 bits per heavy atom. The molecule has 106 valence electrons. The number of piperidine rings is 1. The molecule has 1 aromatic rings. The van der Waals surface area contributed by atoms with Crippen molar-refractivity contribution in [2.45, 2.75) is 33.1 Å². The molecule has 5 heteroatoms. The average Bonchev–Trinajstić information content (AvgIpc) is 2.28. The van der Waals surface area contributed by atoms with E-state index in [9.17, 15) is 14.4 Å². The van der Waals surface area contributed by atoms with Crippen LogP contribution in [-0.2, 0) is 20.8 Å². The summed E-state index contributed by atoms with van der Waals surface area (Å²) in [5, 5.41) is 8.71. The van der Waals surface area contributed by atoms with Crippen molar-refractivity contribution in [3.63, 3.8) is 0 Å². The summed E-state index contributed by atoms with van der Waals surface area (Å²) in [6.07, 6.45) is 0.584. The lowest BCUT2D eigenvalue weighted by Crippen LogP contribution is -2.46. The van der Waals surface area contributed by atoms with E-state index in [1.807, 2.05) is 13.8 Å². The van der Waals surface area contributed by atoms with Crippen LogP contribution in [0.2, 0.25) is 0 Å². The predicted molar refractivity (Wildman–Crippen MR) is 73.3 cm³/mol. The summed E-state index contributed by atoms with van der Waals surface area (Å²) >= 11 is 0. The quantitative estimate of drug-likeness (QED) is 0.856. The van der Waals surface area contributed by atoms with Gasteiger partial charge >= 0.3 is 5.97 Å². The summed E-state index contributed by atoms with van der Waals surface area (Å²) in [6.45, 7) is 3.80. The van der Waals surface area contributed by atoms with E-state index < -0.39 is 5.97 Å². The largest absolute Gasteiger partial charge is 0.481 e. The third-order valence-electron chi connectivity index (χ3n) is 3.31. The van der Waals surface area contributed by atoms with E-state index >= 15 is 0 Å². The monoisotopic (exact) mass is 275 g/mol. The van der Waals surface area contributed by atoms with Gasteiger partial charge in [-0.15, -0.1) is 0 Å². The highest BCUT2D eigenvalue weighted by molar-refractivity contribution is 6.16. The van der Waals surface area contributed by atoms with Crippen molar-refractivity contribution in [2.24, 2.45) is 5.41 Å². The zero-order valence-corrected chi connectivity index (χ0v) is 11.5. The second-order valence-corrected chi connectivity index (χ2v) is 5.88. The molecule has 0 aromatic heterocycles. The van der Waals surface area contributed by atoms with Crippen LogP contribution < -0.4 is 4.90 Å². The molecule has 0 saturated carbocycles. The smallest absolute Gasteiger partial charge is 0.307 e. The van der Waals surface area contributed by atoms with Gasteiger partial charge in [0.2, 0.25) is 11.8 Å². The number of hydrogen-bond acceptors (Lipinski definition) is 3. The fraction of sp³-hybridized carbons (Fsp3) is 0.400. The van der Waals surface area contributed by atoms with Gasteiger partial charge in [-0.2, -0.15) is 0 Å². The second kappa shape index (κ2) is 5.07. The fourth-order valence-corrected chi connectivity index (χ4v) is 2.40. The van der Waals surface area contributed by atoms with Crippen LogP contribution in [0.3, 0.4) is 0 Å². The van der Waals surface area contributed by atoms with Crippen LogP contribution in [0, 0.1) is 5.41 Å². The van der Waals surface area contributed by atoms with Gasteiger partial charge in [0.25, 0.3) is 0 Å². The Hall–Kier alpha value is -2.17. The van der Waals surface area contributed by atoms with E-state index in [2.05, 4.69) is 0 Å². The van der Waals surface area contributed by atoms with E-state index in [1.165, 1.54) is 4.90 Å². The van der Waals surface area contributed by atoms with Crippen molar-refractivity contribution in [1.82, 2.24) is 0 Å². The highest BCUT2D eigenvalue weighted by Crippen LogP contribution is 2.33. The molecule has 0 aliphatic carbocycles. The molecule has 0 spiro atoms. The SMILES string of the molecule is CC1(C)CC(=O)N(c2ccc(CC(=O)O)cc2)C(=O)C1. The summed E-state index contributed by atoms with van der Waals surface area (Å²) in [5.74, 6) is -1.33. The first-order valence-electron chi connectivity index (χ1n) is 6.45. The Kier molecular flexibility index (Phi) is 3.61. The third-order valence-corrected chi connectivity index (χ3v) is 3.31. The van der Waals surface area contributed by atoms with Crippen LogP contribution in [-0.4, -0.2) is 22.9 Å². The van der Waals surface area contributed by atoms with Gasteiger partial charge in [-0.25, -0.2) is 0 Å². The number of carboxylic acids is 1. The Bertz CT molecular complexity index is 540. The zero-order chi connectivity index (χ0) is 14.9. The van der Waals surface area contributed by atoms with E-state index in [1.54, 1.807) is 24.3 Å². The van der Waals surface area contributed by atoms with Crippen LogP contribution in [0.25, 0.3) is 0 Å². The van der Waals surface area contributed by atoms with E-state index in [4.69, 9.17) is 5.11 Å². The number of carbonyl (C=O) groups excluding carboxylic acids is 2. The van der Waals surface area contributed by atoms with Gasteiger partial charge in [-0.1, -0.05) is 26.0 Å². The highest BCUT2D eigenvalue weighted by atomic mass is 16.4. The van der Waals surface area contributed by atoms with Crippen molar-refractivity contribution in [2.75, 3.05) is 4.90 Å². The third kappa shape index (κ3) is 3.04. The van der Waals surface area contributed by atoms with Gasteiger partial charge in [0.05, 0.1) is 12.1 Å². The van der Waals surface area contributed by atoms with E-state index in [-0.39, 0.29) is 23.7 Å². The number of anilines is 1. The molecule has 1 N–H and O–H groups in total. The number of carbonyl (C=O) groups is 3. The molecule has 0 unspecified atom stereocenters. The van der Waals surface area contributed by atoms with E-state index in [0.29, 0.717) is 24.1 Å².